The Kier molecular flexibility index (Phi) is 6.03. The molecule has 8 heteroatoms. The molecule has 3 aromatic rings. The summed E-state index contributed by atoms with van der Waals surface area (Å²) in [6.45, 7) is 0.417. The number of carbonyl (C=O) groups excluding carboxylic acids is 1. The molecule has 0 radical (unpaired) electrons. The van der Waals surface area contributed by atoms with Crippen molar-refractivity contribution in [3.8, 4) is 5.75 Å². The van der Waals surface area contributed by atoms with Gasteiger partial charge in [-0.3, -0.25) is 14.3 Å². The summed E-state index contributed by atoms with van der Waals surface area (Å²) in [5.41, 5.74) is -0.339. The van der Waals surface area contributed by atoms with Crippen molar-refractivity contribution in [2.24, 2.45) is 0 Å². The lowest BCUT2D eigenvalue weighted by Crippen LogP contribution is -2.34. The number of hydrogen-bond acceptors (Lipinski definition) is 4. The molecule has 0 bridgehead atoms. The van der Waals surface area contributed by atoms with Crippen molar-refractivity contribution in [2.45, 2.75) is 44.2 Å². The monoisotopic (exact) mass is 439 g/mol. The molecule has 2 aromatic carbocycles. The quantitative estimate of drug-likeness (QED) is 0.614. The van der Waals surface area contributed by atoms with Gasteiger partial charge >= 0.3 is 0 Å². The van der Waals surface area contributed by atoms with Gasteiger partial charge in [-0.2, -0.15) is 5.10 Å². The van der Waals surface area contributed by atoms with Crippen LogP contribution in [0.5, 0.6) is 5.75 Å². The Morgan fingerprint density at radius 3 is 2.50 bits per heavy atom. The van der Waals surface area contributed by atoms with Gasteiger partial charge in [0.15, 0.2) is 23.1 Å². The Bertz CT molecular complexity index is 1190. The second-order valence-electron chi connectivity index (χ2n) is 8.17. The van der Waals surface area contributed by atoms with Crippen LogP contribution in [0.15, 0.2) is 59.5 Å². The van der Waals surface area contributed by atoms with E-state index >= 15 is 0 Å². The van der Waals surface area contributed by atoms with Crippen LogP contribution in [-0.2, 0) is 18.5 Å². The first-order valence-corrected chi connectivity index (χ1v) is 10.5. The lowest BCUT2D eigenvalue weighted by atomic mass is 9.78. The number of rotatable bonds is 6. The Balaban J connectivity index is 1.62. The molecule has 0 aliphatic heterocycles. The number of aromatic hydroxyl groups is 1. The molecule has 32 heavy (non-hydrogen) atoms. The minimum atomic E-state index is -0.925. The number of aromatic nitrogens is 2. The fourth-order valence-corrected chi connectivity index (χ4v) is 4.34. The summed E-state index contributed by atoms with van der Waals surface area (Å²) in [4.78, 5) is 25.0. The maximum absolute atomic E-state index is 13.9. The van der Waals surface area contributed by atoms with Crippen molar-refractivity contribution < 1.29 is 18.7 Å². The summed E-state index contributed by atoms with van der Waals surface area (Å²) in [7, 11) is 0. The van der Waals surface area contributed by atoms with Crippen molar-refractivity contribution in [2.75, 3.05) is 0 Å². The predicted molar refractivity (Wildman–Crippen MR) is 114 cm³/mol. The second kappa shape index (κ2) is 8.90. The molecule has 1 heterocycles. The van der Waals surface area contributed by atoms with E-state index in [1.54, 1.807) is 6.07 Å². The minimum absolute atomic E-state index is 0.204. The van der Waals surface area contributed by atoms with E-state index in [9.17, 15) is 23.5 Å². The van der Waals surface area contributed by atoms with Crippen molar-refractivity contribution >= 4 is 5.91 Å². The van der Waals surface area contributed by atoms with Gasteiger partial charge < -0.3 is 10.4 Å². The van der Waals surface area contributed by atoms with Gasteiger partial charge in [-0.05, 0) is 36.1 Å². The molecule has 1 aromatic heterocycles. The van der Waals surface area contributed by atoms with E-state index in [1.165, 1.54) is 16.9 Å². The molecular weight excluding hydrogens is 416 g/mol. The second-order valence-corrected chi connectivity index (χ2v) is 8.17. The van der Waals surface area contributed by atoms with Gasteiger partial charge in [-0.15, -0.1) is 0 Å². The SMILES string of the molecule is O=C(NCc1ccccc1)c1nn(CC2(c3ccc(F)c(F)c3)CCCC2)cc(O)c1=O. The topological polar surface area (TPSA) is 84.2 Å². The maximum Gasteiger partial charge on any atom is 0.276 e. The van der Waals surface area contributed by atoms with E-state index in [2.05, 4.69) is 10.4 Å². The van der Waals surface area contributed by atoms with Crippen molar-refractivity contribution in [3.63, 3.8) is 0 Å². The molecule has 0 atom stereocenters. The summed E-state index contributed by atoms with van der Waals surface area (Å²) >= 11 is 0. The Labute approximate surface area is 183 Å². The summed E-state index contributed by atoms with van der Waals surface area (Å²) in [6.07, 6.45) is 4.39. The predicted octanol–water partition coefficient (Wildman–Crippen LogP) is 3.67. The molecule has 1 saturated carbocycles. The molecule has 4 rings (SSSR count). The van der Waals surface area contributed by atoms with E-state index in [-0.39, 0.29) is 13.1 Å². The van der Waals surface area contributed by atoms with Gasteiger partial charge in [0.1, 0.15) is 0 Å². The molecule has 1 aliphatic carbocycles. The van der Waals surface area contributed by atoms with Crippen molar-refractivity contribution in [1.82, 2.24) is 15.1 Å². The molecule has 166 valence electrons. The third kappa shape index (κ3) is 4.39. The van der Waals surface area contributed by atoms with E-state index in [1.807, 2.05) is 30.3 Å². The molecule has 2 N–H and O–H groups in total. The highest BCUT2D eigenvalue weighted by atomic mass is 19.2. The standard InChI is InChI=1S/C24H23F2N3O3/c25-18-9-8-17(12-19(18)26)24(10-4-5-11-24)15-29-14-20(30)22(31)21(28-29)23(32)27-13-16-6-2-1-3-7-16/h1-3,6-9,12,14,30H,4-5,10-11,13,15H2,(H,27,32). The molecule has 1 fully saturated rings. The summed E-state index contributed by atoms with van der Waals surface area (Å²) in [5, 5.41) is 17.0. The number of nitrogens with zero attached hydrogens (tertiary/aromatic N) is 2. The summed E-state index contributed by atoms with van der Waals surface area (Å²) in [6, 6.07) is 13.0. The van der Waals surface area contributed by atoms with Crippen LogP contribution in [0.25, 0.3) is 0 Å². The van der Waals surface area contributed by atoms with Gasteiger partial charge in [0.2, 0.25) is 0 Å². The number of halogens is 2. The van der Waals surface area contributed by atoms with Crippen LogP contribution >= 0.6 is 0 Å². The van der Waals surface area contributed by atoms with Crippen LogP contribution in [0.2, 0.25) is 0 Å². The molecule has 0 unspecified atom stereocenters. The van der Waals surface area contributed by atoms with Crippen LogP contribution in [0, 0.1) is 11.6 Å². The maximum atomic E-state index is 13.9. The Morgan fingerprint density at radius 1 is 1.09 bits per heavy atom. The van der Waals surface area contributed by atoms with Crippen molar-refractivity contribution in [3.05, 3.63) is 93.4 Å². The fraction of sp³-hybridized carbons (Fsp3) is 0.292. The first-order valence-electron chi connectivity index (χ1n) is 10.5. The van der Waals surface area contributed by atoms with E-state index < -0.39 is 39.8 Å². The van der Waals surface area contributed by atoms with E-state index in [0.717, 1.165) is 24.5 Å². The van der Waals surface area contributed by atoms with Gasteiger partial charge in [0.25, 0.3) is 11.3 Å². The average Bonchev–Trinajstić information content (AvgIpc) is 3.26. The van der Waals surface area contributed by atoms with Crippen LogP contribution in [0.3, 0.4) is 0 Å². The molecule has 1 amide bonds. The summed E-state index contributed by atoms with van der Waals surface area (Å²) in [5.74, 6) is -3.14. The lowest BCUT2D eigenvalue weighted by Gasteiger charge is -2.30. The number of carbonyl (C=O) groups is 1. The summed E-state index contributed by atoms with van der Waals surface area (Å²) < 4.78 is 28.7. The van der Waals surface area contributed by atoms with Crippen LogP contribution in [0.4, 0.5) is 8.78 Å². The van der Waals surface area contributed by atoms with Gasteiger partial charge in [-0.25, -0.2) is 8.78 Å². The number of nitrogens with one attached hydrogen (secondary N) is 1. The highest BCUT2D eigenvalue weighted by Gasteiger charge is 2.37. The average molecular weight is 439 g/mol. The zero-order chi connectivity index (χ0) is 22.7. The molecule has 0 spiro atoms. The highest BCUT2D eigenvalue weighted by molar-refractivity contribution is 5.92. The van der Waals surface area contributed by atoms with Gasteiger partial charge in [0.05, 0.1) is 12.7 Å². The number of hydrogen-bond donors (Lipinski definition) is 2. The molecular formula is C24H23F2N3O3. The van der Waals surface area contributed by atoms with Crippen LogP contribution < -0.4 is 10.7 Å². The molecule has 6 nitrogen and oxygen atoms in total. The van der Waals surface area contributed by atoms with Crippen LogP contribution in [-0.4, -0.2) is 20.8 Å². The largest absolute Gasteiger partial charge is 0.503 e. The first-order chi connectivity index (χ1) is 15.4. The number of benzene rings is 2. The fourth-order valence-electron chi connectivity index (χ4n) is 4.34. The van der Waals surface area contributed by atoms with Gasteiger partial charge in [0, 0.05) is 12.0 Å². The third-order valence-electron chi connectivity index (χ3n) is 6.02. The smallest absolute Gasteiger partial charge is 0.276 e. The van der Waals surface area contributed by atoms with E-state index in [4.69, 9.17) is 0 Å². The normalized spacial score (nSPS) is 14.9. The van der Waals surface area contributed by atoms with Crippen molar-refractivity contribution in [1.29, 1.82) is 0 Å². The zero-order valence-electron chi connectivity index (χ0n) is 17.4. The molecule has 0 saturated heterocycles. The van der Waals surface area contributed by atoms with Crippen LogP contribution in [0.1, 0.15) is 47.3 Å². The van der Waals surface area contributed by atoms with E-state index in [0.29, 0.717) is 18.4 Å². The van der Waals surface area contributed by atoms with Gasteiger partial charge in [-0.1, -0.05) is 49.2 Å². The first kappa shape index (κ1) is 21.7. The molecule has 1 aliphatic rings. The third-order valence-corrected chi connectivity index (χ3v) is 6.02. The minimum Gasteiger partial charge on any atom is -0.503 e. The highest BCUT2D eigenvalue weighted by Crippen LogP contribution is 2.42. The number of amides is 1. The Morgan fingerprint density at radius 2 is 1.81 bits per heavy atom. The zero-order valence-corrected chi connectivity index (χ0v) is 17.4. The lowest BCUT2D eigenvalue weighted by molar-refractivity contribution is 0.0940. The Hall–Kier alpha value is -3.55.